The first-order valence-corrected chi connectivity index (χ1v) is 8.39. The smallest absolute Gasteiger partial charge is 0.168 e. The third-order valence-electron chi connectivity index (χ3n) is 2.93. The van der Waals surface area contributed by atoms with E-state index in [0.29, 0.717) is 0 Å². The predicted octanol–water partition coefficient (Wildman–Crippen LogP) is 3.61. The molecule has 0 aromatic heterocycles. The molecule has 0 amide bonds. The highest BCUT2D eigenvalue weighted by atomic mass is 35.5. The van der Waals surface area contributed by atoms with E-state index in [0.717, 1.165) is 17.1 Å². The predicted molar refractivity (Wildman–Crippen MR) is 86.6 cm³/mol. The molecule has 0 atom stereocenters. The van der Waals surface area contributed by atoms with Crippen LogP contribution in [0.5, 0.6) is 0 Å². The van der Waals surface area contributed by atoms with E-state index in [1.807, 2.05) is 13.1 Å². The topological polar surface area (TPSA) is 21.3 Å². The van der Waals surface area contributed by atoms with E-state index in [9.17, 15) is 0 Å². The van der Waals surface area contributed by atoms with Crippen LogP contribution in [0.3, 0.4) is 0 Å². The van der Waals surface area contributed by atoms with Crippen molar-refractivity contribution in [2.75, 3.05) is 7.05 Å². The molecule has 0 aliphatic carbocycles. The Morgan fingerprint density at radius 1 is 1.21 bits per heavy atom. The van der Waals surface area contributed by atoms with Crippen molar-refractivity contribution in [1.29, 1.82) is 0 Å². The van der Waals surface area contributed by atoms with Crippen molar-refractivity contribution in [2.45, 2.75) is 51.8 Å². The molecule has 0 unspecified atom stereocenters. The summed E-state index contributed by atoms with van der Waals surface area (Å²) in [5.74, 6) is 0. The van der Waals surface area contributed by atoms with Crippen molar-refractivity contribution in [3.05, 3.63) is 34.3 Å². The van der Waals surface area contributed by atoms with Gasteiger partial charge in [0.05, 0.1) is 5.60 Å². The summed E-state index contributed by atoms with van der Waals surface area (Å²) in [7, 11) is 1.33. The number of hydrogen-bond donors (Lipinski definition) is 1. The van der Waals surface area contributed by atoms with Crippen LogP contribution in [-0.4, -0.2) is 16.8 Å². The second-order valence-electron chi connectivity index (χ2n) is 6.70. The highest BCUT2D eigenvalue weighted by molar-refractivity contribution is 6.32. The molecule has 1 N–H and O–H groups in total. The summed E-state index contributed by atoms with van der Waals surface area (Å²) in [4.78, 5) is 0. The van der Waals surface area contributed by atoms with E-state index in [4.69, 9.17) is 16.0 Å². The normalized spacial score (nSPS) is 13.4. The number of halogens is 1. The van der Waals surface area contributed by atoms with Gasteiger partial charge in [-0.3, -0.25) is 0 Å². The van der Waals surface area contributed by atoms with Crippen LogP contribution in [0.4, 0.5) is 0 Å². The van der Waals surface area contributed by atoms with Crippen molar-refractivity contribution in [2.24, 2.45) is 0 Å². The summed E-state index contributed by atoms with van der Waals surface area (Å²) in [5, 5.41) is 4.23. The van der Waals surface area contributed by atoms with Crippen LogP contribution in [0.25, 0.3) is 0 Å². The third kappa shape index (κ3) is 5.26. The van der Waals surface area contributed by atoms with Crippen molar-refractivity contribution in [3.8, 4) is 0 Å². The molecular formula is C15H26ClNOSi. The Bertz CT molecular complexity index is 427. The fourth-order valence-electron chi connectivity index (χ4n) is 1.82. The third-order valence-corrected chi connectivity index (χ3v) is 4.99. The molecule has 0 radical (unpaired) electrons. The van der Waals surface area contributed by atoms with Crippen LogP contribution in [0.2, 0.25) is 10.1 Å². The Hall–Kier alpha value is -0.353. The zero-order valence-electron chi connectivity index (χ0n) is 12.9. The minimum atomic E-state index is -0.612. The van der Waals surface area contributed by atoms with E-state index in [2.05, 4.69) is 52.1 Å². The SMILES string of the molecule is CNCc1ccc(Cl)c(C(C)(C)O[SiH2]C(C)(C)C)c1. The van der Waals surface area contributed by atoms with E-state index in [1.54, 1.807) is 0 Å². The lowest BCUT2D eigenvalue weighted by Gasteiger charge is -2.31. The van der Waals surface area contributed by atoms with E-state index in [-0.39, 0.29) is 10.6 Å². The summed E-state index contributed by atoms with van der Waals surface area (Å²) >= 11 is 6.35. The maximum Gasteiger partial charge on any atom is 0.168 e. The molecule has 0 saturated carbocycles. The van der Waals surface area contributed by atoms with Crippen molar-refractivity contribution in [1.82, 2.24) is 5.32 Å². The standard InChI is InChI=1S/C15H26ClNOSi/c1-14(2,3)19-18-15(4,5)12-9-11(10-17-6)7-8-13(12)16/h7-9,17H,10,19H2,1-6H3. The number of nitrogens with one attached hydrogen (secondary N) is 1. The summed E-state index contributed by atoms with van der Waals surface area (Å²) < 4.78 is 6.23. The van der Waals surface area contributed by atoms with Gasteiger partial charge in [-0.15, -0.1) is 0 Å². The Labute approximate surface area is 124 Å². The highest BCUT2D eigenvalue weighted by Crippen LogP contribution is 2.34. The number of hydrogen-bond acceptors (Lipinski definition) is 2. The average molecular weight is 300 g/mol. The molecule has 0 bridgehead atoms. The zero-order chi connectivity index (χ0) is 14.7. The Morgan fingerprint density at radius 2 is 1.84 bits per heavy atom. The van der Waals surface area contributed by atoms with Crippen LogP contribution < -0.4 is 5.32 Å². The van der Waals surface area contributed by atoms with Crippen LogP contribution in [-0.2, 0) is 16.6 Å². The fraction of sp³-hybridized carbons (Fsp3) is 0.600. The lowest BCUT2D eigenvalue weighted by atomic mass is 9.96. The molecule has 19 heavy (non-hydrogen) atoms. The van der Waals surface area contributed by atoms with E-state index < -0.39 is 9.76 Å². The number of rotatable bonds is 5. The molecule has 2 nitrogen and oxygen atoms in total. The monoisotopic (exact) mass is 299 g/mol. The van der Waals surface area contributed by atoms with Crippen molar-refractivity contribution in [3.63, 3.8) is 0 Å². The quantitative estimate of drug-likeness (QED) is 0.839. The second-order valence-corrected chi connectivity index (χ2v) is 9.81. The lowest BCUT2D eigenvalue weighted by Crippen LogP contribution is -2.28. The Kier molecular flexibility index (Phi) is 5.62. The summed E-state index contributed by atoms with van der Waals surface area (Å²) in [6.45, 7) is 11.8. The van der Waals surface area contributed by atoms with Crippen LogP contribution in [0.15, 0.2) is 18.2 Å². The van der Waals surface area contributed by atoms with Gasteiger partial charge in [0.25, 0.3) is 0 Å². The summed E-state index contributed by atoms with van der Waals surface area (Å²) in [6, 6.07) is 6.17. The van der Waals surface area contributed by atoms with Gasteiger partial charge < -0.3 is 9.74 Å². The summed E-state index contributed by atoms with van der Waals surface area (Å²) in [6.07, 6.45) is 0. The molecule has 1 aromatic carbocycles. The largest absolute Gasteiger partial charge is 0.414 e. The van der Waals surface area contributed by atoms with Crippen molar-refractivity contribution >= 4 is 21.4 Å². The van der Waals surface area contributed by atoms with Gasteiger partial charge in [-0.25, -0.2) is 0 Å². The lowest BCUT2D eigenvalue weighted by molar-refractivity contribution is 0.109. The maximum atomic E-state index is 6.35. The first-order valence-electron chi connectivity index (χ1n) is 6.73. The van der Waals surface area contributed by atoms with E-state index in [1.165, 1.54) is 5.56 Å². The van der Waals surface area contributed by atoms with Gasteiger partial charge in [0.1, 0.15) is 0 Å². The van der Waals surface area contributed by atoms with Gasteiger partial charge in [-0.05, 0) is 37.6 Å². The van der Waals surface area contributed by atoms with Gasteiger partial charge in [-0.2, -0.15) is 0 Å². The Morgan fingerprint density at radius 3 is 2.37 bits per heavy atom. The average Bonchev–Trinajstić information content (AvgIpc) is 2.29. The molecule has 0 aliphatic heterocycles. The van der Waals surface area contributed by atoms with Crippen molar-refractivity contribution < 1.29 is 4.43 Å². The molecule has 1 aromatic rings. The molecular weight excluding hydrogens is 274 g/mol. The van der Waals surface area contributed by atoms with Gasteiger partial charge >= 0.3 is 0 Å². The fourth-order valence-corrected chi connectivity index (χ4v) is 3.12. The maximum absolute atomic E-state index is 6.35. The molecule has 0 heterocycles. The van der Waals surface area contributed by atoms with E-state index >= 15 is 0 Å². The molecule has 0 fully saturated rings. The minimum absolute atomic E-state index is 0.284. The van der Waals surface area contributed by atoms with Gasteiger partial charge in [0.2, 0.25) is 0 Å². The van der Waals surface area contributed by atoms with Crippen LogP contribution in [0.1, 0.15) is 45.7 Å². The minimum Gasteiger partial charge on any atom is -0.414 e. The first kappa shape index (κ1) is 16.7. The number of benzene rings is 1. The van der Waals surface area contributed by atoms with Gasteiger partial charge in [-0.1, -0.05) is 44.5 Å². The molecule has 108 valence electrons. The van der Waals surface area contributed by atoms with Gasteiger partial charge in [0.15, 0.2) is 9.76 Å². The molecule has 4 heteroatoms. The molecule has 0 aliphatic rings. The first-order chi connectivity index (χ1) is 8.65. The molecule has 0 spiro atoms. The Balaban J connectivity index is 2.95. The highest BCUT2D eigenvalue weighted by Gasteiger charge is 2.26. The van der Waals surface area contributed by atoms with Crippen LogP contribution >= 0.6 is 11.6 Å². The summed E-state index contributed by atoms with van der Waals surface area (Å²) in [5.41, 5.74) is 2.00. The zero-order valence-corrected chi connectivity index (χ0v) is 15.1. The molecule has 0 saturated heterocycles. The van der Waals surface area contributed by atoms with Gasteiger partial charge in [0, 0.05) is 17.1 Å². The van der Waals surface area contributed by atoms with Crippen LogP contribution in [0, 0.1) is 0 Å². The molecule has 1 rings (SSSR count). The second kappa shape index (κ2) is 6.40.